The fourth-order valence-corrected chi connectivity index (χ4v) is 3.34. The SMILES string of the molecule is Cc1ccc(-c2cc(C(=O)NCc3ccccn3)n(-c3cccc(Cl)c3)n2)cc1C. The van der Waals surface area contributed by atoms with Gasteiger partial charge in [-0.05, 0) is 67.4 Å². The van der Waals surface area contributed by atoms with Crippen LogP contribution in [0.2, 0.25) is 5.02 Å². The number of rotatable bonds is 5. The first-order valence-corrected chi connectivity index (χ1v) is 10.0. The van der Waals surface area contributed by atoms with Crippen LogP contribution >= 0.6 is 11.6 Å². The highest BCUT2D eigenvalue weighted by Crippen LogP contribution is 2.25. The lowest BCUT2D eigenvalue weighted by Gasteiger charge is -2.08. The highest BCUT2D eigenvalue weighted by molar-refractivity contribution is 6.30. The van der Waals surface area contributed by atoms with Crippen molar-refractivity contribution in [3.05, 3.63) is 100 Å². The van der Waals surface area contributed by atoms with E-state index in [-0.39, 0.29) is 5.91 Å². The van der Waals surface area contributed by atoms with Crippen molar-refractivity contribution in [3.8, 4) is 16.9 Å². The lowest BCUT2D eigenvalue weighted by Crippen LogP contribution is -2.25. The summed E-state index contributed by atoms with van der Waals surface area (Å²) < 4.78 is 1.63. The third-order valence-electron chi connectivity index (χ3n) is 4.95. The van der Waals surface area contributed by atoms with Crippen LogP contribution < -0.4 is 5.32 Å². The fourth-order valence-electron chi connectivity index (χ4n) is 3.15. The van der Waals surface area contributed by atoms with Crippen molar-refractivity contribution in [1.82, 2.24) is 20.1 Å². The zero-order valence-electron chi connectivity index (χ0n) is 16.8. The van der Waals surface area contributed by atoms with E-state index in [4.69, 9.17) is 16.7 Å². The van der Waals surface area contributed by atoms with Gasteiger partial charge in [0.1, 0.15) is 5.69 Å². The first-order chi connectivity index (χ1) is 14.5. The Morgan fingerprint density at radius 1 is 1.00 bits per heavy atom. The Morgan fingerprint density at radius 2 is 1.87 bits per heavy atom. The van der Waals surface area contributed by atoms with Crippen molar-refractivity contribution in [2.24, 2.45) is 0 Å². The van der Waals surface area contributed by atoms with Crippen molar-refractivity contribution in [2.45, 2.75) is 20.4 Å². The molecule has 0 aliphatic carbocycles. The van der Waals surface area contributed by atoms with Crippen molar-refractivity contribution < 1.29 is 4.79 Å². The molecule has 30 heavy (non-hydrogen) atoms. The third-order valence-corrected chi connectivity index (χ3v) is 5.19. The Balaban J connectivity index is 1.72. The Kier molecular flexibility index (Phi) is 5.63. The van der Waals surface area contributed by atoms with Gasteiger partial charge in [0.25, 0.3) is 5.91 Å². The molecule has 0 fully saturated rings. The van der Waals surface area contributed by atoms with E-state index in [0.717, 1.165) is 22.6 Å². The zero-order valence-corrected chi connectivity index (χ0v) is 17.5. The number of nitrogens with zero attached hydrogens (tertiary/aromatic N) is 3. The molecule has 5 nitrogen and oxygen atoms in total. The molecule has 4 aromatic rings. The van der Waals surface area contributed by atoms with E-state index in [9.17, 15) is 4.79 Å². The molecule has 150 valence electrons. The molecule has 4 rings (SSSR count). The van der Waals surface area contributed by atoms with E-state index in [2.05, 4.69) is 36.3 Å². The summed E-state index contributed by atoms with van der Waals surface area (Å²) in [5.74, 6) is -0.233. The van der Waals surface area contributed by atoms with Crippen LogP contribution in [0, 0.1) is 13.8 Å². The van der Waals surface area contributed by atoms with Crippen molar-refractivity contribution in [1.29, 1.82) is 0 Å². The maximum atomic E-state index is 13.0. The molecule has 2 aromatic heterocycles. The number of pyridine rings is 1. The second-order valence-electron chi connectivity index (χ2n) is 7.11. The number of hydrogen-bond donors (Lipinski definition) is 1. The van der Waals surface area contributed by atoms with Gasteiger partial charge in [0.15, 0.2) is 0 Å². The van der Waals surface area contributed by atoms with Gasteiger partial charge in [0, 0.05) is 16.8 Å². The average molecular weight is 417 g/mol. The van der Waals surface area contributed by atoms with Crippen LogP contribution in [-0.4, -0.2) is 20.7 Å². The van der Waals surface area contributed by atoms with Crippen LogP contribution in [0.25, 0.3) is 16.9 Å². The van der Waals surface area contributed by atoms with Crippen LogP contribution in [0.4, 0.5) is 0 Å². The van der Waals surface area contributed by atoms with E-state index >= 15 is 0 Å². The van der Waals surface area contributed by atoms with E-state index in [1.807, 2.05) is 36.4 Å². The molecule has 0 saturated carbocycles. The van der Waals surface area contributed by atoms with Crippen LogP contribution in [0.15, 0.2) is 72.9 Å². The van der Waals surface area contributed by atoms with E-state index in [1.54, 1.807) is 29.1 Å². The molecule has 2 aromatic carbocycles. The minimum absolute atomic E-state index is 0.233. The van der Waals surface area contributed by atoms with Gasteiger partial charge in [0.05, 0.1) is 23.6 Å². The number of carbonyl (C=O) groups is 1. The molecular formula is C24H21ClN4O. The minimum Gasteiger partial charge on any atom is -0.345 e. The molecule has 2 heterocycles. The van der Waals surface area contributed by atoms with Gasteiger partial charge >= 0.3 is 0 Å². The lowest BCUT2D eigenvalue weighted by molar-refractivity contribution is 0.0942. The molecule has 6 heteroatoms. The van der Waals surface area contributed by atoms with Gasteiger partial charge < -0.3 is 5.32 Å². The fraction of sp³-hybridized carbons (Fsp3) is 0.125. The number of amides is 1. The third kappa shape index (κ3) is 4.26. The molecule has 1 N–H and O–H groups in total. The van der Waals surface area contributed by atoms with Gasteiger partial charge in [0.2, 0.25) is 0 Å². The predicted octanol–water partition coefficient (Wildman–Crippen LogP) is 5.13. The Hall–Kier alpha value is -3.44. The van der Waals surface area contributed by atoms with Crippen LogP contribution in [0.5, 0.6) is 0 Å². The van der Waals surface area contributed by atoms with Crippen LogP contribution in [0.1, 0.15) is 27.3 Å². The summed E-state index contributed by atoms with van der Waals surface area (Å²) in [5.41, 5.74) is 6.00. The summed E-state index contributed by atoms with van der Waals surface area (Å²) in [6.07, 6.45) is 1.70. The van der Waals surface area contributed by atoms with E-state index < -0.39 is 0 Å². The van der Waals surface area contributed by atoms with Gasteiger partial charge in [-0.1, -0.05) is 35.9 Å². The van der Waals surface area contributed by atoms with Crippen molar-refractivity contribution in [2.75, 3.05) is 0 Å². The summed E-state index contributed by atoms with van der Waals surface area (Å²) in [7, 11) is 0. The van der Waals surface area contributed by atoms with Gasteiger partial charge in [-0.25, -0.2) is 4.68 Å². The summed E-state index contributed by atoms with van der Waals surface area (Å²) >= 11 is 6.18. The molecule has 0 atom stereocenters. The second kappa shape index (κ2) is 8.51. The topological polar surface area (TPSA) is 59.8 Å². The average Bonchev–Trinajstić information content (AvgIpc) is 3.20. The smallest absolute Gasteiger partial charge is 0.270 e. The van der Waals surface area contributed by atoms with Crippen molar-refractivity contribution in [3.63, 3.8) is 0 Å². The lowest BCUT2D eigenvalue weighted by atomic mass is 10.0. The van der Waals surface area contributed by atoms with Crippen LogP contribution in [0.3, 0.4) is 0 Å². The Morgan fingerprint density at radius 3 is 2.60 bits per heavy atom. The highest BCUT2D eigenvalue weighted by Gasteiger charge is 2.18. The summed E-state index contributed by atoms with van der Waals surface area (Å²) in [4.78, 5) is 17.3. The maximum Gasteiger partial charge on any atom is 0.270 e. The predicted molar refractivity (Wildman–Crippen MR) is 119 cm³/mol. The van der Waals surface area contributed by atoms with E-state index in [1.165, 1.54) is 11.1 Å². The molecule has 0 unspecified atom stereocenters. The normalized spacial score (nSPS) is 10.8. The highest BCUT2D eigenvalue weighted by atomic mass is 35.5. The maximum absolute atomic E-state index is 13.0. The van der Waals surface area contributed by atoms with E-state index in [0.29, 0.717) is 17.3 Å². The summed E-state index contributed by atoms with van der Waals surface area (Å²) in [5, 5.41) is 8.23. The monoisotopic (exact) mass is 416 g/mol. The molecule has 0 spiro atoms. The molecule has 0 aliphatic rings. The standard InChI is InChI=1S/C24H21ClN4O/c1-16-9-10-18(12-17(16)2)22-14-23(24(30)27-15-20-7-3-4-11-26-20)29(28-22)21-8-5-6-19(25)13-21/h3-14H,15H2,1-2H3,(H,27,30). The molecule has 0 aliphatic heterocycles. The number of aryl methyl sites for hydroxylation is 2. The first-order valence-electron chi connectivity index (χ1n) is 9.63. The number of aromatic nitrogens is 3. The zero-order chi connectivity index (χ0) is 21.1. The molecule has 0 saturated heterocycles. The number of carbonyl (C=O) groups excluding carboxylic acids is 1. The number of nitrogens with one attached hydrogen (secondary N) is 1. The number of benzene rings is 2. The Labute approximate surface area is 180 Å². The molecule has 1 amide bonds. The summed E-state index contributed by atoms with van der Waals surface area (Å²) in [6, 6.07) is 20.9. The van der Waals surface area contributed by atoms with Gasteiger partial charge in [-0.3, -0.25) is 9.78 Å². The molecule has 0 radical (unpaired) electrons. The quantitative estimate of drug-likeness (QED) is 0.490. The largest absolute Gasteiger partial charge is 0.345 e. The Bertz CT molecular complexity index is 1200. The van der Waals surface area contributed by atoms with Gasteiger partial charge in [-0.2, -0.15) is 5.10 Å². The summed E-state index contributed by atoms with van der Waals surface area (Å²) in [6.45, 7) is 4.47. The van der Waals surface area contributed by atoms with Crippen LogP contribution in [-0.2, 0) is 6.54 Å². The minimum atomic E-state index is -0.233. The number of hydrogen-bond acceptors (Lipinski definition) is 3. The first kappa shape index (κ1) is 19.9. The van der Waals surface area contributed by atoms with Crippen molar-refractivity contribution >= 4 is 17.5 Å². The van der Waals surface area contributed by atoms with Gasteiger partial charge in [-0.15, -0.1) is 0 Å². The molecule has 0 bridgehead atoms. The molecular weight excluding hydrogens is 396 g/mol. The second-order valence-corrected chi connectivity index (χ2v) is 7.55. The number of halogens is 1.